The summed E-state index contributed by atoms with van der Waals surface area (Å²) < 4.78 is 5.66. The fraction of sp³-hybridized carbons (Fsp3) is 0.133. The molecule has 0 atom stereocenters. The van der Waals surface area contributed by atoms with Crippen LogP contribution in [0.4, 0.5) is 10.5 Å². The first-order valence-corrected chi connectivity index (χ1v) is 6.87. The number of carbonyl (C=O) groups excluding carboxylic acids is 2. The summed E-state index contributed by atoms with van der Waals surface area (Å²) in [6, 6.07) is 10.7. The predicted octanol–water partition coefficient (Wildman–Crippen LogP) is 0.589. The molecular weight excluding hydrogens is 300 g/mol. The van der Waals surface area contributed by atoms with Crippen LogP contribution in [0.3, 0.4) is 0 Å². The molecule has 2 heterocycles. The molecule has 1 fully saturated rings. The molecule has 1 aliphatic heterocycles. The minimum Gasteiger partial charge on any atom is -0.455 e. The Morgan fingerprint density at radius 1 is 1.26 bits per heavy atom. The Kier molecular flexibility index (Phi) is 4.18. The number of quaternary nitrogens is 1. The van der Waals surface area contributed by atoms with Gasteiger partial charge in [-0.05, 0) is 24.3 Å². The van der Waals surface area contributed by atoms with E-state index in [2.05, 4.69) is 10.4 Å². The second-order valence-electron chi connectivity index (χ2n) is 4.83. The molecule has 23 heavy (non-hydrogen) atoms. The molecule has 118 valence electrons. The lowest BCUT2D eigenvalue weighted by molar-refractivity contribution is -0.830. The first-order chi connectivity index (χ1) is 11.2. The standard InChI is InChI=1S/C15H14N4O4/c1-22-18-11-4-2-10(3-5-11)13-7-6-12(23-13)8-16-19-9-14(20)17-15(19)21/h2-8,18H,9H2,1H3,(H,17,20,21)/p+1/b16-8+. The van der Waals surface area contributed by atoms with Crippen molar-refractivity contribution in [2.24, 2.45) is 5.10 Å². The molecule has 3 amide bonds. The zero-order valence-electron chi connectivity index (χ0n) is 12.4. The van der Waals surface area contributed by atoms with Crippen LogP contribution in [-0.2, 0) is 9.63 Å². The van der Waals surface area contributed by atoms with Crippen LogP contribution in [0.25, 0.3) is 11.3 Å². The molecule has 0 radical (unpaired) electrons. The van der Waals surface area contributed by atoms with Gasteiger partial charge in [-0.3, -0.25) is 10.1 Å². The van der Waals surface area contributed by atoms with Gasteiger partial charge in [0.1, 0.15) is 18.1 Å². The second-order valence-corrected chi connectivity index (χ2v) is 4.83. The monoisotopic (exact) mass is 315 g/mol. The van der Waals surface area contributed by atoms with Gasteiger partial charge in [-0.2, -0.15) is 10.6 Å². The molecule has 8 heteroatoms. The van der Waals surface area contributed by atoms with Crippen LogP contribution in [0, 0.1) is 0 Å². The number of imide groups is 1. The van der Waals surface area contributed by atoms with E-state index in [1.165, 1.54) is 6.21 Å². The fourth-order valence-electron chi connectivity index (χ4n) is 2.09. The molecular formula is C15H15N4O4+. The maximum Gasteiger partial charge on any atom is 0.344 e. The highest BCUT2D eigenvalue weighted by Gasteiger charge is 2.25. The van der Waals surface area contributed by atoms with Crippen LogP contribution in [-0.4, -0.2) is 36.8 Å². The summed E-state index contributed by atoms with van der Waals surface area (Å²) in [5.74, 6) is 0.789. The third kappa shape index (κ3) is 3.44. The lowest BCUT2D eigenvalue weighted by Gasteiger charge is -2.03. The summed E-state index contributed by atoms with van der Waals surface area (Å²) in [6.07, 6.45) is 1.40. The van der Waals surface area contributed by atoms with Gasteiger partial charge >= 0.3 is 6.03 Å². The van der Waals surface area contributed by atoms with Gasteiger partial charge in [0.15, 0.2) is 5.69 Å². The number of urea groups is 1. The molecule has 1 aromatic carbocycles. The van der Waals surface area contributed by atoms with E-state index in [4.69, 9.17) is 9.25 Å². The zero-order chi connectivity index (χ0) is 16.2. The largest absolute Gasteiger partial charge is 0.455 e. The lowest BCUT2D eigenvalue weighted by atomic mass is 10.1. The number of benzene rings is 1. The van der Waals surface area contributed by atoms with Gasteiger partial charge in [0.25, 0.3) is 0 Å². The molecule has 0 unspecified atom stereocenters. The number of nitrogens with two attached hydrogens (primary N) is 1. The molecule has 1 aliphatic rings. The van der Waals surface area contributed by atoms with Crippen molar-refractivity contribution in [2.45, 2.75) is 0 Å². The van der Waals surface area contributed by atoms with E-state index in [1.807, 2.05) is 30.3 Å². The molecule has 0 bridgehead atoms. The maximum atomic E-state index is 11.4. The number of rotatable bonds is 5. The van der Waals surface area contributed by atoms with E-state index in [0.717, 1.165) is 16.3 Å². The highest BCUT2D eigenvalue weighted by atomic mass is 16.6. The minimum atomic E-state index is -0.539. The number of furan rings is 1. The van der Waals surface area contributed by atoms with Crippen LogP contribution in [0.2, 0.25) is 0 Å². The topological polar surface area (TPSA) is 101 Å². The number of amides is 3. The Balaban J connectivity index is 1.70. The van der Waals surface area contributed by atoms with Gasteiger partial charge < -0.3 is 4.42 Å². The normalized spacial score (nSPS) is 14.7. The lowest BCUT2D eigenvalue weighted by Crippen LogP contribution is -2.75. The van der Waals surface area contributed by atoms with E-state index in [9.17, 15) is 9.59 Å². The fourth-order valence-corrected chi connectivity index (χ4v) is 2.09. The van der Waals surface area contributed by atoms with E-state index < -0.39 is 6.03 Å². The van der Waals surface area contributed by atoms with Crippen molar-refractivity contribution in [2.75, 3.05) is 13.7 Å². The highest BCUT2D eigenvalue weighted by Crippen LogP contribution is 2.22. The number of nitrogens with one attached hydrogen (secondary N) is 1. The van der Waals surface area contributed by atoms with Gasteiger partial charge in [-0.15, -0.1) is 0 Å². The van der Waals surface area contributed by atoms with Crippen LogP contribution in [0.15, 0.2) is 45.9 Å². The number of hydrogen-bond acceptors (Lipinski definition) is 5. The Labute approximate surface area is 131 Å². The number of carbonyl (C=O) groups is 2. The van der Waals surface area contributed by atoms with Crippen LogP contribution in [0.1, 0.15) is 5.76 Å². The van der Waals surface area contributed by atoms with Gasteiger partial charge in [0.2, 0.25) is 5.91 Å². The van der Waals surface area contributed by atoms with Crippen molar-refractivity contribution in [3.8, 4) is 11.3 Å². The van der Waals surface area contributed by atoms with Crippen molar-refractivity contribution in [1.29, 1.82) is 0 Å². The van der Waals surface area contributed by atoms with E-state index in [0.29, 0.717) is 11.5 Å². The summed E-state index contributed by atoms with van der Waals surface area (Å²) in [6.45, 7) is -0.0830. The van der Waals surface area contributed by atoms with Crippen molar-refractivity contribution < 1.29 is 24.3 Å². The van der Waals surface area contributed by atoms with E-state index in [1.54, 1.807) is 18.7 Å². The number of hydrazone groups is 1. The predicted molar refractivity (Wildman–Crippen MR) is 80.6 cm³/mol. The summed E-state index contributed by atoms with van der Waals surface area (Å²) in [7, 11) is 1.60. The summed E-state index contributed by atoms with van der Waals surface area (Å²) in [5, 5.41) is 7.11. The van der Waals surface area contributed by atoms with Gasteiger partial charge in [0.05, 0.1) is 13.3 Å². The van der Waals surface area contributed by atoms with Gasteiger partial charge in [-0.25, -0.2) is 14.6 Å². The highest BCUT2D eigenvalue weighted by molar-refractivity contribution is 6.02. The van der Waals surface area contributed by atoms with Crippen molar-refractivity contribution in [3.63, 3.8) is 0 Å². The maximum absolute atomic E-state index is 11.4. The van der Waals surface area contributed by atoms with Crippen LogP contribution in [0.5, 0.6) is 0 Å². The SMILES string of the molecule is CO[NH2+]c1ccc(-c2ccc(/C=N/N3CC(=O)NC3=O)o2)cc1. The molecule has 1 saturated heterocycles. The number of nitrogens with zero attached hydrogens (tertiary/aromatic N) is 2. The third-order valence-corrected chi connectivity index (χ3v) is 3.17. The van der Waals surface area contributed by atoms with Crippen molar-refractivity contribution in [3.05, 3.63) is 42.2 Å². The zero-order valence-corrected chi connectivity index (χ0v) is 12.4. The van der Waals surface area contributed by atoms with E-state index in [-0.39, 0.29) is 12.5 Å². The van der Waals surface area contributed by atoms with Crippen molar-refractivity contribution in [1.82, 2.24) is 10.3 Å². The van der Waals surface area contributed by atoms with Crippen LogP contribution < -0.4 is 10.8 Å². The average Bonchev–Trinajstić information content (AvgIpc) is 3.13. The third-order valence-electron chi connectivity index (χ3n) is 3.17. The first-order valence-electron chi connectivity index (χ1n) is 6.87. The summed E-state index contributed by atoms with van der Waals surface area (Å²) in [5.41, 5.74) is 3.51. The molecule has 0 saturated carbocycles. The van der Waals surface area contributed by atoms with Crippen molar-refractivity contribution >= 4 is 23.8 Å². The number of hydrogen-bond donors (Lipinski definition) is 2. The summed E-state index contributed by atoms with van der Waals surface area (Å²) in [4.78, 5) is 27.4. The Morgan fingerprint density at radius 2 is 2.04 bits per heavy atom. The van der Waals surface area contributed by atoms with Gasteiger partial charge in [-0.1, -0.05) is 0 Å². The molecule has 0 aliphatic carbocycles. The molecule has 3 rings (SSSR count). The molecule has 3 N–H and O–H groups in total. The Bertz CT molecular complexity index is 751. The molecule has 0 spiro atoms. The Morgan fingerprint density at radius 3 is 2.70 bits per heavy atom. The van der Waals surface area contributed by atoms with Gasteiger partial charge in [0, 0.05) is 17.7 Å². The van der Waals surface area contributed by atoms with E-state index >= 15 is 0 Å². The second kappa shape index (κ2) is 6.42. The molecule has 8 nitrogen and oxygen atoms in total. The Hall–Kier alpha value is -2.97. The quantitative estimate of drug-likeness (QED) is 0.365. The molecule has 1 aromatic heterocycles. The molecule has 2 aromatic rings. The summed E-state index contributed by atoms with van der Waals surface area (Å²) >= 11 is 0. The van der Waals surface area contributed by atoms with Crippen LogP contribution >= 0.6 is 0 Å². The first kappa shape index (κ1) is 14.9. The smallest absolute Gasteiger partial charge is 0.344 e. The minimum absolute atomic E-state index is 0.0830. The average molecular weight is 315 g/mol.